The van der Waals surface area contributed by atoms with Crippen molar-refractivity contribution >= 4 is 38.3 Å². The molecule has 0 aromatic heterocycles. The zero-order chi connectivity index (χ0) is 27.6. The number of Topliss-reactive ketones (excluding diaryl/α,β-unsaturated/α-hetero) is 1. The lowest BCUT2D eigenvalue weighted by atomic mass is 9.38. The molecule has 1 aromatic rings. The Morgan fingerprint density at radius 3 is 2.42 bits per heavy atom. The number of nitrogens with one attached hydrogen (secondary N) is 1. The predicted molar refractivity (Wildman–Crippen MR) is 139 cm³/mol. The van der Waals surface area contributed by atoms with Crippen LogP contribution in [0, 0.1) is 5.41 Å². The van der Waals surface area contributed by atoms with Crippen LogP contribution in [0.25, 0.3) is 0 Å². The van der Waals surface area contributed by atoms with Gasteiger partial charge in [-0.05, 0) is 57.2 Å². The van der Waals surface area contributed by atoms with E-state index in [-0.39, 0.29) is 42.0 Å². The highest BCUT2D eigenvalue weighted by Crippen LogP contribution is 2.71. The smallest absolute Gasteiger partial charge is 0.366 e. The minimum atomic E-state index is -4.29. The second-order valence-electron chi connectivity index (χ2n) is 11.4. The van der Waals surface area contributed by atoms with Crippen LogP contribution in [0.1, 0.15) is 64.4 Å². The van der Waals surface area contributed by atoms with Crippen molar-refractivity contribution in [3.63, 3.8) is 0 Å². The van der Waals surface area contributed by atoms with Crippen molar-refractivity contribution in [1.29, 1.82) is 0 Å². The van der Waals surface area contributed by atoms with Gasteiger partial charge in [0.1, 0.15) is 11.9 Å². The van der Waals surface area contributed by atoms with Crippen molar-refractivity contribution < 1.29 is 26.4 Å². The van der Waals surface area contributed by atoms with E-state index in [0.717, 1.165) is 5.56 Å². The van der Waals surface area contributed by atoms with Crippen LogP contribution in [0.4, 0.5) is 13.2 Å². The molecule has 38 heavy (non-hydrogen) atoms. The molecule has 0 radical (unpaired) electrons. The van der Waals surface area contributed by atoms with Gasteiger partial charge in [0.05, 0.1) is 5.54 Å². The number of rotatable bonds is 9. The fourth-order valence-electron chi connectivity index (χ4n) is 6.19. The molecule has 3 fully saturated rings. The first kappa shape index (κ1) is 27.3. The van der Waals surface area contributed by atoms with E-state index < -0.39 is 39.7 Å². The lowest BCUT2D eigenvalue weighted by Crippen LogP contribution is -2.79. The minimum absolute atomic E-state index is 0.118. The first-order chi connectivity index (χ1) is 17.7. The molecule has 2 heterocycles. The number of carbonyl (C=O) groups excluding carboxylic acids is 1. The average molecular weight is 571 g/mol. The summed E-state index contributed by atoms with van der Waals surface area (Å²) in [6, 6.07) is 6.29. The molecule has 206 valence electrons. The molecule has 5 aliphatic rings. The number of halogens is 4. The highest BCUT2D eigenvalue weighted by atomic mass is 35.5. The van der Waals surface area contributed by atoms with Crippen molar-refractivity contribution in [2.75, 3.05) is 0 Å². The molecule has 3 saturated carbocycles. The fraction of sp³-hybridized carbons (Fsp3) is 0.577. The molecule has 6 rings (SSSR count). The molecular weight excluding hydrogens is 541 g/mol. The second-order valence-corrected chi connectivity index (χ2v) is 13.7. The van der Waals surface area contributed by atoms with E-state index in [4.69, 9.17) is 11.6 Å². The Labute approximate surface area is 225 Å². The summed E-state index contributed by atoms with van der Waals surface area (Å²) in [6.45, 7) is 3.82. The summed E-state index contributed by atoms with van der Waals surface area (Å²) < 4.78 is 66.5. The van der Waals surface area contributed by atoms with Crippen molar-refractivity contribution in [3.05, 3.63) is 47.1 Å². The Hall–Kier alpha value is -2.24. The molecule has 7 nitrogen and oxygen atoms in total. The topological polar surface area (TPSA) is 91.2 Å². The van der Waals surface area contributed by atoms with E-state index in [1.54, 1.807) is 34.6 Å². The Kier molecular flexibility index (Phi) is 6.59. The van der Waals surface area contributed by atoms with Crippen molar-refractivity contribution in [1.82, 2.24) is 9.62 Å². The molecule has 1 atom stereocenters. The van der Waals surface area contributed by atoms with Gasteiger partial charge in [0, 0.05) is 48.0 Å². The molecule has 1 aromatic carbocycles. The summed E-state index contributed by atoms with van der Waals surface area (Å²) in [4.78, 5) is 21.6. The van der Waals surface area contributed by atoms with E-state index in [9.17, 15) is 26.4 Å². The first-order valence-corrected chi connectivity index (χ1v) is 14.4. The number of ketones is 1. The number of amidine groups is 1. The summed E-state index contributed by atoms with van der Waals surface area (Å²) in [6.07, 6.45) is -0.640. The second kappa shape index (κ2) is 9.16. The number of hydrogen-bond acceptors (Lipinski definition) is 6. The van der Waals surface area contributed by atoms with Crippen LogP contribution in [0.2, 0.25) is 5.02 Å². The quantitative estimate of drug-likeness (QED) is 0.444. The van der Waals surface area contributed by atoms with E-state index in [2.05, 4.69) is 15.3 Å². The third kappa shape index (κ3) is 4.81. The Balaban J connectivity index is 1.33. The minimum Gasteiger partial charge on any atom is -0.366 e. The maximum absolute atomic E-state index is 13.7. The Morgan fingerprint density at radius 1 is 1.18 bits per heavy atom. The van der Waals surface area contributed by atoms with Crippen LogP contribution < -0.4 is 5.32 Å². The number of carbonyl (C=O) groups is 1. The lowest BCUT2D eigenvalue weighted by Gasteiger charge is -2.72. The van der Waals surface area contributed by atoms with Crippen LogP contribution in [0.5, 0.6) is 0 Å². The van der Waals surface area contributed by atoms with Crippen molar-refractivity contribution in [3.8, 4) is 0 Å². The maximum Gasteiger partial charge on any atom is 0.389 e. The lowest BCUT2D eigenvalue weighted by molar-refractivity contribution is -0.150. The standard InChI is InChI=1S/C26H30ClF3N4O3S/c1-23(2)21(19(35)5-3-11-26(28,29)30)32-22(33-23)24-14-25(15-24,16-24)34(13-17-7-9-18(27)10-8-17)38(36,37)20-6-4-12-31-20/h4,7-10,12,21H,3,5-6,11,13-16H2,1-2H3,(H,32,33)/t21-,24?,25?/m0/s1. The van der Waals surface area contributed by atoms with Gasteiger partial charge in [0.25, 0.3) is 10.0 Å². The Morgan fingerprint density at radius 2 is 1.84 bits per heavy atom. The molecule has 3 aliphatic carbocycles. The van der Waals surface area contributed by atoms with E-state index in [1.165, 1.54) is 6.20 Å². The van der Waals surface area contributed by atoms with Crippen molar-refractivity contribution in [2.24, 2.45) is 15.4 Å². The molecule has 2 aliphatic heterocycles. The summed E-state index contributed by atoms with van der Waals surface area (Å²) >= 11 is 6.02. The normalized spacial score (nSPS) is 29.4. The van der Waals surface area contributed by atoms with Gasteiger partial charge in [-0.2, -0.15) is 17.5 Å². The molecule has 1 N–H and O–H groups in total. The van der Waals surface area contributed by atoms with Crippen LogP contribution in [0.3, 0.4) is 0 Å². The van der Waals surface area contributed by atoms with E-state index in [1.807, 2.05) is 13.8 Å². The number of aliphatic imine (C=N–C) groups is 2. The number of nitrogens with zero attached hydrogens (tertiary/aromatic N) is 3. The third-order valence-electron chi connectivity index (χ3n) is 8.05. The summed E-state index contributed by atoms with van der Waals surface area (Å²) in [5, 5.41) is 4.02. The van der Waals surface area contributed by atoms with Crippen LogP contribution >= 0.6 is 11.6 Å². The number of benzene rings is 1. The summed E-state index contributed by atoms with van der Waals surface area (Å²) in [5.41, 5.74) is -0.883. The largest absolute Gasteiger partial charge is 0.389 e. The third-order valence-corrected chi connectivity index (χ3v) is 10.3. The number of allylic oxidation sites excluding steroid dienone is 1. The van der Waals surface area contributed by atoms with Gasteiger partial charge in [-0.3, -0.25) is 9.79 Å². The van der Waals surface area contributed by atoms with Gasteiger partial charge in [-0.1, -0.05) is 29.8 Å². The molecule has 0 amide bonds. The van der Waals surface area contributed by atoms with Crippen LogP contribution in [0.15, 0.2) is 46.5 Å². The molecular formula is C26H30ClF3N4O3S. The maximum atomic E-state index is 13.7. The van der Waals surface area contributed by atoms with Gasteiger partial charge in [-0.15, -0.1) is 0 Å². The summed E-state index contributed by atoms with van der Waals surface area (Å²) in [5.74, 6) is 0.337. The number of hydrogen-bond donors (Lipinski definition) is 1. The van der Waals surface area contributed by atoms with Gasteiger partial charge >= 0.3 is 6.18 Å². The van der Waals surface area contributed by atoms with Gasteiger partial charge < -0.3 is 5.32 Å². The van der Waals surface area contributed by atoms with Gasteiger partial charge in [0.15, 0.2) is 10.8 Å². The molecule has 0 saturated heterocycles. The van der Waals surface area contributed by atoms with Crippen molar-refractivity contribution in [2.45, 2.75) is 88.6 Å². The monoisotopic (exact) mass is 570 g/mol. The van der Waals surface area contributed by atoms with Gasteiger partial charge in [0.2, 0.25) is 0 Å². The highest BCUT2D eigenvalue weighted by Gasteiger charge is 2.75. The zero-order valence-corrected chi connectivity index (χ0v) is 22.8. The number of sulfonamides is 1. The molecule has 0 unspecified atom stereocenters. The number of alkyl halides is 3. The average Bonchev–Trinajstić information content (AvgIpc) is 3.40. The SMILES string of the molecule is CC1(C)NC(C23CC(N(Cc4ccc(Cl)cc4)S(=O)(=O)C4=NC=CC4)(C2)C3)=N[C@H]1C(=O)CCCC(F)(F)F. The van der Waals surface area contributed by atoms with Gasteiger partial charge in [-0.25, -0.2) is 13.4 Å². The molecule has 0 spiro atoms. The molecule has 2 bridgehead atoms. The molecule has 12 heteroatoms. The van der Waals surface area contributed by atoms with E-state index >= 15 is 0 Å². The van der Waals surface area contributed by atoms with E-state index in [0.29, 0.717) is 30.1 Å². The Bertz CT molecular complexity index is 1320. The van der Waals surface area contributed by atoms with Crippen LogP contribution in [-0.4, -0.2) is 52.7 Å². The first-order valence-electron chi connectivity index (χ1n) is 12.6. The predicted octanol–water partition coefficient (Wildman–Crippen LogP) is 5.16. The zero-order valence-electron chi connectivity index (χ0n) is 21.2. The van der Waals surface area contributed by atoms with Crippen LogP contribution in [-0.2, 0) is 21.4 Å². The highest BCUT2D eigenvalue weighted by molar-refractivity contribution is 8.04. The fourth-order valence-corrected chi connectivity index (χ4v) is 8.10. The summed E-state index contributed by atoms with van der Waals surface area (Å²) in [7, 11) is -3.83.